The van der Waals surface area contributed by atoms with E-state index in [1.54, 1.807) is 4.57 Å². The number of fused-ring (bicyclic) bond motifs is 1. The number of likely N-dealkylation sites (N-methyl/N-ethyl adjacent to an activating group) is 1. The van der Waals surface area contributed by atoms with Gasteiger partial charge in [0.2, 0.25) is 0 Å². The molecular formula is C12H18N2O. The lowest BCUT2D eigenvalue weighted by atomic mass is 10.2. The van der Waals surface area contributed by atoms with Crippen molar-refractivity contribution in [1.82, 2.24) is 9.88 Å². The third-order valence-corrected chi connectivity index (χ3v) is 3.11. The first-order chi connectivity index (χ1) is 7.26. The van der Waals surface area contributed by atoms with Crippen molar-refractivity contribution in [2.24, 2.45) is 0 Å². The molecule has 1 aromatic heterocycles. The van der Waals surface area contributed by atoms with Gasteiger partial charge >= 0.3 is 0 Å². The normalized spacial score (nSPS) is 19.2. The topological polar surface area (TPSA) is 34.0 Å². The number of rotatable bonds is 3. The van der Waals surface area contributed by atoms with Gasteiger partial charge < -0.3 is 9.88 Å². The van der Waals surface area contributed by atoms with Gasteiger partial charge in [-0.2, -0.15) is 0 Å². The van der Waals surface area contributed by atoms with Crippen molar-refractivity contribution in [3.05, 3.63) is 33.7 Å². The summed E-state index contributed by atoms with van der Waals surface area (Å²) in [6, 6.07) is 2.56. The number of nitrogens with zero attached hydrogens (tertiary/aromatic N) is 1. The molecule has 0 saturated carbocycles. The Balaban J connectivity index is 2.30. The van der Waals surface area contributed by atoms with Crippen LogP contribution in [-0.2, 0) is 19.4 Å². The minimum absolute atomic E-state index is 0.204. The third-order valence-electron chi connectivity index (χ3n) is 3.11. The molecule has 1 aliphatic carbocycles. The lowest BCUT2D eigenvalue weighted by molar-refractivity contribution is 0.550. The number of hydrogen-bond acceptors (Lipinski definition) is 2. The monoisotopic (exact) mass is 206 g/mol. The highest BCUT2D eigenvalue weighted by atomic mass is 16.1. The molecule has 3 nitrogen and oxygen atoms in total. The van der Waals surface area contributed by atoms with E-state index in [4.69, 9.17) is 0 Å². The summed E-state index contributed by atoms with van der Waals surface area (Å²) < 4.78 is 1.78. The maximum atomic E-state index is 12.0. The predicted molar refractivity (Wildman–Crippen MR) is 61.2 cm³/mol. The van der Waals surface area contributed by atoms with Gasteiger partial charge in [0, 0.05) is 24.3 Å². The summed E-state index contributed by atoms with van der Waals surface area (Å²) in [5, 5.41) is 3.41. The second kappa shape index (κ2) is 4.19. The molecule has 0 aromatic carbocycles. The van der Waals surface area contributed by atoms with Crippen LogP contribution >= 0.6 is 0 Å². The summed E-state index contributed by atoms with van der Waals surface area (Å²) in [6.45, 7) is 5.84. The molecule has 3 heteroatoms. The molecule has 1 aromatic rings. The quantitative estimate of drug-likeness (QED) is 0.798. The van der Waals surface area contributed by atoms with Crippen LogP contribution in [0.4, 0.5) is 0 Å². The lowest BCUT2D eigenvalue weighted by Gasteiger charge is -2.07. The highest BCUT2D eigenvalue weighted by molar-refractivity contribution is 5.31. The van der Waals surface area contributed by atoms with Gasteiger partial charge in [-0.1, -0.05) is 6.92 Å². The average molecular weight is 206 g/mol. The second-order valence-corrected chi connectivity index (χ2v) is 4.07. The highest BCUT2D eigenvalue weighted by Gasteiger charge is 2.23. The van der Waals surface area contributed by atoms with Gasteiger partial charge in [-0.25, -0.2) is 0 Å². The van der Waals surface area contributed by atoms with Crippen LogP contribution in [0.15, 0.2) is 17.1 Å². The fraction of sp³-hybridized carbons (Fsp3) is 0.583. The molecule has 0 spiro atoms. The van der Waals surface area contributed by atoms with Gasteiger partial charge in [0.15, 0.2) is 0 Å². The lowest BCUT2D eigenvalue weighted by Crippen LogP contribution is -2.30. The molecule has 1 aliphatic rings. The molecule has 0 fully saturated rings. The van der Waals surface area contributed by atoms with E-state index in [2.05, 4.69) is 18.3 Å². The van der Waals surface area contributed by atoms with Gasteiger partial charge in [-0.15, -0.1) is 0 Å². The largest absolute Gasteiger partial charge is 0.316 e. The van der Waals surface area contributed by atoms with E-state index in [0.29, 0.717) is 6.04 Å². The van der Waals surface area contributed by atoms with E-state index >= 15 is 0 Å². The second-order valence-electron chi connectivity index (χ2n) is 4.07. The van der Waals surface area contributed by atoms with Crippen LogP contribution in [0.5, 0.6) is 0 Å². The molecule has 2 rings (SSSR count). The molecule has 15 heavy (non-hydrogen) atoms. The molecule has 1 unspecified atom stereocenters. The number of aromatic nitrogens is 1. The number of nitrogens with one attached hydrogen (secondary N) is 1. The Kier molecular flexibility index (Phi) is 2.91. The van der Waals surface area contributed by atoms with Crippen LogP contribution in [0.3, 0.4) is 0 Å². The number of pyridine rings is 1. The van der Waals surface area contributed by atoms with Gasteiger partial charge in [0.05, 0.1) is 0 Å². The van der Waals surface area contributed by atoms with Crippen LogP contribution in [0, 0.1) is 0 Å². The van der Waals surface area contributed by atoms with Crippen LogP contribution < -0.4 is 10.9 Å². The van der Waals surface area contributed by atoms with Crippen molar-refractivity contribution < 1.29 is 0 Å². The Morgan fingerprint density at radius 3 is 2.93 bits per heavy atom. The molecule has 0 radical (unpaired) electrons. The Morgan fingerprint density at radius 2 is 2.27 bits per heavy atom. The molecule has 82 valence electrons. The Morgan fingerprint density at radius 1 is 1.47 bits per heavy atom. The molecule has 1 N–H and O–H groups in total. The molecular weight excluding hydrogens is 188 g/mol. The molecule has 1 heterocycles. The third kappa shape index (κ3) is 1.84. The minimum atomic E-state index is 0.204. The highest BCUT2D eigenvalue weighted by Crippen LogP contribution is 2.18. The zero-order valence-electron chi connectivity index (χ0n) is 9.42. The van der Waals surface area contributed by atoms with Crippen LogP contribution in [0.1, 0.15) is 25.0 Å². The predicted octanol–water partition coefficient (Wildman–Crippen LogP) is 0.945. The van der Waals surface area contributed by atoms with Crippen molar-refractivity contribution >= 4 is 0 Å². The summed E-state index contributed by atoms with van der Waals surface area (Å²) in [6.07, 6.45) is 3.81. The van der Waals surface area contributed by atoms with E-state index in [9.17, 15) is 4.79 Å². The zero-order valence-corrected chi connectivity index (χ0v) is 9.42. The smallest absolute Gasteiger partial charge is 0.254 e. The maximum absolute atomic E-state index is 12.0. The average Bonchev–Trinajstić information content (AvgIpc) is 2.63. The first kappa shape index (κ1) is 10.4. The Hall–Kier alpha value is -1.09. The van der Waals surface area contributed by atoms with Gasteiger partial charge in [-0.3, -0.25) is 4.79 Å². The van der Waals surface area contributed by atoms with Crippen molar-refractivity contribution in [3.63, 3.8) is 0 Å². The fourth-order valence-corrected chi connectivity index (χ4v) is 2.33. The molecule has 1 atom stereocenters. The van der Waals surface area contributed by atoms with E-state index in [1.807, 2.05) is 13.1 Å². The summed E-state index contributed by atoms with van der Waals surface area (Å²) in [7, 11) is 0. The van der Waals surface area contributed by atoms with Crippen molar-refractivity contribution in [2.45, 2.75) is 39.3 Å². The first-order valence-corrected chi connectivity index (χ1v) is 5.70. The van der Waals surface area contributed by atoms with E-state index in [0.717, 1.165) is 31.5 Å². The van der Waals surface area contributed by atoms with E-state index in [1.165, 1.54) is 5.56 Å². The zero-order chi connectivity index (χ0) is 10.8. The summed E-state index contributed by atoms with van der Waals surface area (Å²) in [4.78, 5) is 12.0. The van der Waals surface area contributed by atoms with Crippen molar-refractivity contribution in [2.75, 3.05) is 6.54 Å². The number of aryl methyl sites for hydroxylation is 1. The van der Waals surface area contributed by atoms with Crippen LogP contribution in [0.25, 0.3) is 0 Å². The maximum Gasteiger partial charge on any atom is 0.254 e. The van der Waals surface area contributed by atoms with Gasteiger partial charge in [-0.05, 0) is 37.9 Å². The Bertz CT molecular complexity index is 409. The van der Waals surface area contributed by atoms with E-state index in [-0.39, 0.29) is 5.56 Å². The summed E-state index contributed by atoms with van der Waals surface area (Å²) >= 11 is 0. The molecule has 0 aliphatic heterocycles. The van der Waals surface area contributed by atoms with Crippen LogP contribution in [-0.4, -0.2) is 17.2 Å². The molecule has 0 amide bonds. The van der Waals surface area contributed by atoms with Gasteiger partial charge in [0.1, 0.15) is 0 Å². The van der Waals surface area contributed by atoms with E-state index < -0.39 is 0 Å². The summed E-state index contributed by atoms with van der Waals surface area (Å²) in [5.74, 6) is 0. The fourth-order valence-electron chi connectivity index (χ4n) is 2.33. The summed E-state index contributed by atoms with van der Waals surface area (Å²) in [5.41, 5.74) is 2.45. The van der Waals surface area contributed by atoms with Crippen molar-refractivity contribution in [3.8, 4) is 0 Å². The SMILES string of the molecule is CCNC1Cc2ccn(CC)c(=O)c2C1. The molecule has 0 saturated heterocycles. The van der Waals surface area contributed by atoms with Crippen molar-refractivity contribution in [1.29, 1.82) is 0 Å². The minimum Gasteiger partial charge on any atom is -0.316 e. The molecule has 0 bridgehead atoms. The standard InChI is InChI=1S/C12H18N2O/c1-3-13-10-7-9-5-6-14(4-2)12(15)11(9)8-10/h5-6,10,13H,3-4,7-8H2,1-2H3. The van der Waals surface area contributed by atoms with Gasteiger partial charge in [0.25, 0.3) is 5.56 Å². The van der Waals surface area contributed by atoms with Crippen LogP contribution in [0.2, 0.25) is 0 Å². The number of hydrogen-bond donors (Lipinski definition) is 1. The first-order valence-electron chi connectivity index (χ1n) is 5.70. The Labute approximate surface area is 90.1 Å².